The molecule has 0 aromatic heterocycles. The average Bonchev–Trinajstić information content (AvgIpc) is 2.17. The normalized spacial score (nSPS) is 10.7. The molecule has 15 heavy (non-hydrogen) atoms. The van der Waals surface area contributed by atoms with Gasteiger partial charge in [0.25, 0.3) is 0 Å². The zero-order chi connectivity index (χ0) is 11.3. The van der Waals surface area contributed by atoms with Gasteiger partial charge in [0, 0.05) is 6.26 Å². The molecule has 1 rings (SSSR count). The highest BCUT2D eigenvalue weighted by Gasteiger charge is 2.07. The number of hydrogen-bond acceptors (Lipinski definition) is 4. The number of hydrogen-bond donors (Lipinski definition) is 0. The molecule has 0 radical (unpaired) electrons. The van der Waals surface area contributed by atoms with Crippen molar-refractivity contribution >= 4 is 9.84 Å². The molecule has 1 aromatic rings. The Balaban J connectivity index is 2.81. The Morgan fingerprint density at radius 3 is 2.80 bits per heavy atom. The highest BCUT2D eigenvalue weighted by atomic mass is 32.2. The van der Waals surface area contributed by atoms with Crippen LogP contribution in [0, 0.1) is 11.3 Å². The third kappa shape index (κ3) is 3.60. The van der Waals surface area contributed by atoms with Crippen molar-refractivity contribution in [3.05, 3.63) is 24.3 Å². The summed E-state index contributed by atoms with van der Waals surface area (Å²) < 4.78 is 27.6. The second-order valence-electron chi connectivity index (χ2n) is 3.00. The van der Waals surface area contributed by atoms with Gasteiger partial charge in [0.15, 0.2) is 9.84 Å². The molecule has 5 heteroatoms. The van der Waals surface area contributed by atoms with E-state index < -0.39 is 9.84 Å². The van der Waals surface area contributed by atoms with E-state index in [9.17, 15) is 8.42 Å². The standard InChI is InChI=1S/C10H11NO3S/c1-15(12,13)10-5-2-4-9(8-10)14-7-3-6-11/h2,4-5,8H,3,7H2,1H3. The van der Waals surface area contributed by atoms with Crippen LogP contribution in [0.5, 0.6) is 5.75 Å². The van der Waals surface area contributed by atoms with Gasteiger partial charge < -0.3 is 4.74 Å². The smallest absolute Gasteiger partial charge is 0.175 e. The summed E-state index contributed by atoms with van der Waals surface area (Å²) in [6.45, 7) is 0.268. The Bertz CT molecular complexity index is 474. The summed E-state index contributed by atoms with van der Waals surface area (Å²) in [5.74, 6) is 0.466. The summed E-state index contributed by atoms with van der Waals surface area (Å²) in [4.78, 5) is 0.219. The minimum Gasteiger partial charge on any atom is -0.492 e. The second-order valence-corrected chi connectivity index (χ2v) is 5.02. The van der Waals surface area contributed by atoms with Crippen LogP contribution < -0.4 is 4.74 Å². The molecule has 0 bridgehead atoms. The highest BCUT2D eigenvalue weighted by molar-refractivity contribution is 7.90. The molecule has 80 valence electrons. The zero-order valence-corrected chi connectivity index (χ0v) is 9.12. The SMILES string of the molecule is CS(=O)(=O)c1cccc(OCCC#N)c1. The Morgan fingerprint density at radius 2 is 2.20 bits per heavy atom. The van der Waals surface area contributed by atoms with Crippen molar-refractivity contribution in [3.63, 3.8) is 0 Å². The van der Waals surface area contributed by atoms with Crippen LogP contribution >= 0.6 is 0 Å². The summed E-state index contributed by atoms with van der Waals surface area (Å²) in [6.07, 6.45) is 1.42. The number of ether oxygens (including phenoxy) is 1. The molecule has 0 heterocycles. The predicted molar refractivity (Wildman–Crippen MR) is 55.3 cm³/mol. The van der Waals surface area contributed by atoms with E-state index in [2.05, 4.69) is 0 Å². The molecule has 0 aliphatic heterocycles. The molecule has 0 fully saturated rings. The van der Waals surface area contributed by atoms with Crippen LogP contribution in [0.15, 0.2) is 29.2 Å². The fraction of sp³-hybridized carbons (Fsp3) is 0.300. The van der Waals surface area contributed by atoms with Crippen molar-refractivity contribution < 1.29 is 13.2 Å². The zero-order valence-electron chi connectivity index (χ0n) is 8.30. The Hall–Kier alpha value is -1.54. The molecule has 0 spiro atoms. The van der Waals surface area contributed by atoms with Crippen molar-refractivity contribution in [2.45, 2.75) is 11.3 Å². The largest absolute Gasteiger partial charge is 0.492 e. The molecular formula is C10H11NO3S. The van der Waals surface area contributed by atoms with Crippen LogP contribution in [0.4, 0.5) is 0 Å². The Kier molecular flexibility index (Phi) is 3.69. The molecule has 4 nitrogen and oxygen atoms in total. The van der Waals surface area contributed by atoms with Crippen molar-refractivity contribution in [1.29, 1.82) is 5.26 Å². The van der Waals surface area contributed by atoms with E-state index in [1.165, 1.54) is 12.1 Å². The first-order valence-electron chi connectivity index (χ1n) is 4.34. The molecule has 0 amide bonds. The number of nitrogens with zero attached hydrogens (tertiary/aromatic N) is 1. The monoisotopic (exact) mass is 225 g/mol. The van der Waals surface area contributed by atoms with E-state index in [-0.39, 0.29) is 17.9 Å². The van der Waals surface area contributed by atoms with E-state index in [0.717, 1.165) is 6.26 Å². The van der Waals surface area contributed by atoms with E-state index in [1.807, 2.05) is 6.07 Å². The van der Waals surface area contributed by atoms with Gasteiger partial charge in [-0.3, -0.25) is 0 Å². The second kappa shape index (κ2) is 4.80. The highest BCUT2D eigenvalue weighted by Crippen LogP contribution is 2.17. The number of rotatable bonds is 4. The molecule has 0 unspecified atom stereocenters. The van der Waals surface area contributed by atoms with Gasteiger partial charge in [-0.25, -0.2) is 8.42 Å². The van der Waals surface area contributed by atoms with Crippen molar-refractivity contribution in [2.24, 2.45) is 0 Å². The summed E-state index contributed by atoms with van der Waals surface area (Å²) in [6, 6.07) is 8.17. The third-order valence-corrected chi connectivity index (χ3v) is 2.83. The van der Waals surface area contributed by atoms with Crippen LogP contribution in [-0.4, -0.2) is 21.3 Å². The maximum atomic E-state index is 11.2. The lowest BCUT2D eigenvalue weighted by molar-refractivity contribution is 0.325. The maximum Gasteiger partial charge on any atom is 0.175 e. The van der Waals surface area contributed by atoms with Gasteiger partial charge in [-0.1, -0.05) is 6.07 Å². The third-order valence-electron chi connectivity index (χ3n) is 1.72. The van der Waals surface area contributed by atoms with Gasteiger partial charge in [0.05, 0.1) is 17.4 Å². The Labute approximate surface area is 89.0 Å². The number of benzene rings is 1. The predicted octanol–water partition coefficient (Wildman–Crippen LogP) is 1.38. The van der Waals surface area contributed by atoms with Gasteiger partial charge in [0.2, 0.25) is 0 Å². The molecular weight excluding hydrogens is 214 g/mol. The lowest BCUT2D eigenvalue weighted by Gasteiger charge is -2.04. The first-order chi connectivity index (χ1) is 7.04. The van der Waals surface area contributed by atoms with Crippen LogP contribution in [-0.2, 0) is 9.84 Å². The summed E-state index contributed by atoms with van der Waals surface area (Å²) >= 11 is 0. The molecule has 0 N–H and O–H groups in total. The maximum absolute atomic E-state index is 11.2. The average molecular weight is 225 g/mol. The quantitative estimate of drug-likeness (QED) is 0.726. The molecule has 0 saturated carbocycles. The van der Waals surface area contributed by atoms with Gasteiger partial charge in [0.1, 0.15) is 12.4 Å². The van der Waals surface area contributed by atoms with E-state index in [4.69, 9.17) is 10.00 Å². The van der Waals surface area contributed by atoms with Crippen LogP contribution in [0.1, 0.15) is 6.42 Å². The van der Waals surface area contributed by atoms with E-state index in [1.54, 1.807) is 12.1 Å². The lowest BCUT2D eigenvalue weighted by Crippen LogP contribution is -1.99. The summed E-state index contributed by atoms with van der Waals surface area (Å²) in [7, 11) is -3.20. The first-order valence-corrected chi connectivity index (χ1v) is 6.23. The fourth-order valence-electron chi connectivity index (χ4n) is 1.01. The van der Waals surface area contributed by atoms with E-state index in [0.29, 0.717) is 5.75 Å². The van der Waals surface area contributed by atoms with Gasteiger partial charge in [-0.2, -0.15) is 5.26 Å². The van der Waals surface area contributed by atoms with Crippen LogP contribution in [0.25, 0.3) is 0 Å². The van der Waals surface area contributed by atoms with Gasteiger partial charge in [-0.05, 0) is 18.2 Å². The number of sulfone groups is 1. The summed E-state index contributed by atoms with van der Waals surface area (Å²) in [5.41, 5.74) is 0. The van der Waals surface area contributed by atoms with Crippen LogP contribution in [0.3, 0.4) is 0 Å². The lowest BCUT2D eigenvalue weighted by atomic mass is 10.3. The molecule has 0 aliphatic rings. The Morgan fingerprint density at radius 1 is 1.47 bits per heavy atom. The topological polar surface area (TPSA) is 67.2 Å². The molecule has 1 aromatic carbocycles. The molecule has 0 saturated heterocycles. The van der Waals surface area contributed by atoms with E-state index >= 15 is 0 Å². The van der Waals surface area contributed by atoms with Gasteiger partial charge in [-0.15, -0.1) is 0 Å². The fourth-order valence-corrected chi connectivity index (χ4v) is 1.67. The molecule has 0 atom stereocenters. The van der Waals surface area contributed by atoms with Gasteiger partial charge >= 0.3 is 0 Å². The minimum absolute atomic E-state index is 0.219. The molecule has 0 aliphatic carbocycles. The summed E-state index contributed by atoms with van der Waals surface area (Å²) in [5, 5.41) is 8.30. The van der Waals surface area contributed by atoms with Crippen molar-refractivity contribution in [2.75, 3.05) is 12.9 Å². The van der Waals surface area contributed by atoms with Crippen molar-refractivity contribution in [1.82, 2.24) is 0 Å². The van der Waals surface area contributed by atoms with Crippen LogP contribution in [0.2, 0.25) is 0 Å². The van der Waals surface area contributed by atoms with Crippen molar-refractivity contribution in [3.8, 4) is 11.8 Å². The minimum atomic E-state index is -3.20. The number of nitriles is 1. The first kappa shape index (κ1) is 11.5.